The van der Waals surface area contributed by atoms with Crippen molar-refractivity contribution in [3.8, 4) is 0 Å². The minimum Gasteiger partial charge on any atom is -0.339 e. The summed E-state index contributed by atoms with van der Waals surface area (Å²) in [6.45, 7) is 1.67. The minimum atomic E-state index is -0.897. The molecule has 2 aliphatic heterocycles. The van der Waals surface area contributed by atoms with E-state index in [1.165, 1.54) is 12.1 Å². The molecule has 0 aliphatic carbocycles. The van der Waals surface area contributed by atoms with Gasteiger partial charge in [0.05, 0.1) is 5.41 Å². The van der Waals surface area contributed by atoms with E-state index in [2.05, 4.69) is 0 Å². The van der Waals surface area contributed by atoms with Gasteiger partial charge in [0.1, 0.15) is 0 Å². The molecule has 0 radical (unpaired) electrons. The maximum absolute atomic E-state index is 14.0. The molecule has 2 fully saturated rings. The Morgan fingerprint density at radius 3 is 2.32 bits per heavy atom. The fourth-order valence-corrected chi connectivity index (χ4v) is 4.28. The smallest absolute Gasteiger partial charge is 0.253 e. The summed E-state index contributed by atoms with van der Waals surface area (Å²) < 4.78 is 27.4. The third kappa shape index (κ3) is 3.28. The Balaban J connectivity index is 1.41. The van der Waals surface area contributed by atoms with E-state index < -0.39 is 17.0 Å². The third-order valence-electron chi connectivity index (χ3n) is 6.02. The molecule has 6 heteroatoms. The van der Waals surface area contributed by atoms with Crippen molar-refractivity contribution in [1.82, 2.24) is 9.80 Å². The van der Waals surface area contributed by atoms with Crippen LogP contribution >= 0.6 is 0 Å². The number of halogens is 2. The summed E-state index contributed by atoms with van der Waals surface area (Å²) >= 11 is 0. The second-order valence-electron chi connectivity index (χ2n) is 7.63. The highest BCUT2D eigenvalue weighted by atomic mass is 19.2. The van der Waals surface area contributed by atoms with E-state index in [1.54, 1.807) is 21.9 Å². The number of hydrogen-bond donors (Lipinski definition) is 0. The first kappa shape index (κ1) is 18.6. The highest BCUT2D eigenvalue weighted by Gasteiger charge is 2.48. The number of hydrogen-bond acceptors (Lipinski definition) is 2. The standard InChI is InChI=1S/C22H22F2N2O2/c23-18-8-4-7-17(19(18)24)15-26-14-11-22(21(26)28)9-12-25(13-10-22)20(27)16-5-2-1-3-6-16/h1-8H,9-15H2. The van der Waals surface area contributed by atoms with Crippen molar-refractivity contribution >= 4 is 11.8 Å². The van der Waals surface area contributed by atoms with Gasteiger partial charge in [-0.2, -0.15) is 0 Å². The molecule has 0 N–H and O–H groups in total. The minimum absolute atomic E-state index is 0.0111. The van der Waals surface area contributed by atoms with Crippen LogP contribution < -0.4 is 0 Å². The maximum Gasteiger partial charge on any atom is 0.253 e. The lowest BCUT2D eigenvalue weighted by atomic mass is 9.77. The van der Waals surface area contributed by atoms with Gasteiger partial charge in [-0.3, -0.25) is 9.59 Å². The Labute approximate surface area is 162 Å². The van der Waals surface area contributed by atoms with Gasteiger partial charge in [-0.1, -0.05) is 30.3 Å². The monoisotopic (exact) mass is 384 g/mol. The van der Waals surface area contributed by atoms with E-state index in [-0.39, 0.29) is 23.9 Å². The lowest BCUT2D eigenvalue weighted by molar-refractivity contribution is -0.138. The Morgan fingerprint density at radius 1 is 0.929 bits per heavy atom. The van der Waals surface area contributed by atoms with Crippen LogP contribution in [0.2, 0.25) is 0 Å². The van der Waals surface area contributed by atoms with Crippen molar-refractivity contribution in [3.63, 3.8) is 0 Å². The zero-order valence-corrected chi connectivity index (χ0v) is 15.5. The Hall–Kier alpha value is -2.76. The number of benzene rings is 2. The second kappa shape index (κ2) is 7.34. The van der Waals surface area contributed by atoms with Gasteiger partial charge in [0.25, 0.3) is 5.91 Å². The first-order valence-corrected chi connectivity index (χ1v) is 9.57. The average molecular weight is 384 g/mol. The first-order valence-electron chi connectivity index (χ1n) is 9.57. The summed E-state index contributed by atoms with van der Waals surface area (Å²) in [5.74, 6) is -1.81. The molecule has 2 aliphatic rings. The molecule has 0 bridgehead atoms. The molecule has 2 saturated heterocycles. The predicted molar refractivity (Wildman–Crippen MR) is 100 cm³/mol. The number of carbonyl (C=O) groups is 2. The van der Waals surface area contributed by atoms with Crippen LogP contribution in [0, 0.1) is 17.0 Å². The van der Waals surface area contributed by atoms with Crippen molar-refractivity contribution < 1.29 is 18.4 Å². The highest BCUT2D eigenvalue weighted by molar-refractivity contribution is 5.94. The van der Waals surface area contributed by atoms with Gasteiger partial charge in [0.15, 0.2) is 11.6 Å². The van der Waals surface area contributed by atoms with E-state index in [0.29, 0.717) is 44.5 Å². The molecule has 1 spiro atoms. The van der Waals surface area contributed by atoms with Gasteiger partial charge in [0, 0.05) is 37.3 Å². The molecule has 146 valence electrons. The number of carbonyl (C=O) groups excluding carboxylic acids is 2. The number of likely N-dealkylation sites (tertiary alicyclic amines) is 2. The van der Waals surface area contributed by atoms with Crippen LogP contribution in [0.5, 0.6) is 0 Å². The Kier molecular flexibility index (Phi) is 4.87. The van der Waals surface area contributed by atoms with Crippen molar-refractivity contribution in [2.45, 2.75) is 25.8 Å². The summed E-state index contributed by atoms with van der Waals surface area (Å²) in [7, 11) is 0. The summed E-state index contributed by atoms with van der Waals surface area (Å²) in [5, 5.41) is 0. The van der Waals surface area contributed by atoms with Crippen LogP contribution in [0.1, 0.15) is 35.2 Å². The van der Waals surface area contributed by atoms with Crippen LogP contribution in [-0.2, 0) is 11.3 Å². The lowest BCUT2D eigenvalue weighted by Gasteiger charge is -2.38. The topological polar surface area (TPSA) is 40.6 Å². The van der Waals surface area contributed by atoms with Crippen molar-refractivity contribution in [3.05, 3.63) is 71.3 Å². The van der Waals surface area contributed by atoms with Crippen LogP contribution in [0.3, 0.4) is 0 Å². The van der Waals surface area contributed by atoms with E-state index in [9.17, 15) is 18.4 Å². The molecule has 4 rings (SSSR count). The quantitative estimate of drug-likeness (QED) is 0.811. The Morgan fingerprint density at radius 2 is 1.61 bits per heavy atom. The van der Waals surface area contributed by atoms with Crippen LogP contribution in [0.4, 0.5) is 8.78 Å². The first-order chi connectivity index (χ1) is 13.5. The molecule has 0 atom stereocenters. The number of rotatable bonds is 3. The van der Waals surface area contributed by atoms with E-state index >= 15 is 0 Å². The number of piperidine rings is 1. The second-order valence-corrected chi connectivity index (χ2v) is 7.63. The fraction of sp³-hybridized carbons (Fsp3) is 0.364. The van der Waals surface area contributed by atoms with Crippen LogP contribution in [0.25, 0.3) is 0 Å². The largest absolute Gasteiger partial charge is 0.339 e. The molecule has 2 aromatic rings. The molecular formula is C22H22F2N2O2. The van der Waals surface area contributed by atoms with Gasteiger partial charge in [-0.05, 0) is 37.5 Å². The van der Waals surface area contributed by atoms with E-state index in [0.717, 1.165) is 6.07 Å². The van der Waals surface area contributed by atoms with E-state index in [4.69, 9.17) is 0 Å². The van der Waals surface area contributed by atoms with Crippen molar-refractivity contribution in [1.29, 1.82) is 0 Å². The molecule has 0 unspecified atom stereocenters. The van der Waals surface area contributed by atoms with E-state index in [1.807, 2.05) is 18.2 Å². The molecule has 2 heterocycles. The molecule has 0 saturated carbocycles. The number of amides is 2. The molecule has 4 nitrogen and oxygen atoms in total. The third-order valence-corrected chi connectivity index (χ3v) is 6.02. The Bertz CT molecular complexity index is 893. The van der Waals surface area contributed by atoms with Gasteiger partial charge in [-0.25, -0.2) is 8.78 Å². The van der Waals surface area contributed by atoms with Gasteiger partial charge < -0.3 is 9.80 Å². The molecule has 2 aromatic carbocycles. The zero-order chi connectivity index (χ0) is 19.7. The average Bonchev–Trinajstić information content (AvgIpc) is 3.02. The summed E-state index contributed by atoms with van der Waals surface area (Å²) in [5.41, 5.74) is 0.360. The summed E-state index contributed by atoms with van der Waals surface area (Å²) in [6.07, 6.45) is 1.90. The summed E-state index contributed by atoms with van der Waals surface area (Å²) in [4.78, 5) is 29.1. The number of nitrogens with zero attached hydrogens (tertiary/aromatic N) is 2. The fourth-order valence-electron chi connectivity index (χ4n) is 4.28. The maximum atomic E-state index is 14.0. The normalized spacial score (nSPS) is 18.7. The molecular weight excluding hydrogens is 362 g/mol. The molecule has 28 heavy (non-hydrogen) atoms. The molecule has 0 aromatic heterocycles. The van der Waals surface area contributed by atoms with Crippen molar-refractivity contribution in [2.24, 2.45) is 5.41 Å². The summed E-state index contributed by atoms with van der Waals surface area (Å²) in [6, 6.07) is 13.2. The zero-order valence-electron chi connectivity index (χ0n) is 15.5. The van der Waals surface area contributed by atoms with Gasteiger partial charge in [-0.15, -0.1) is 0 Å². The molecule has 2 amide bonds. The van der Waals surface area contributed by atoms with Crippen LogP contribution in [0.15, 0.2) is 48.5 Å². The van der Waals surface area contributed by atoms with Crippen LogP contribution in [-0.4, -0.2) is 41.2 Å². The van der Waals surface area contributed by atoms with Gasteiger partial charge >= 0.3 is 0 Å². The van der Waals surface area contributed by atoms with Crippen molar-refractivity contribution in [2.75, 3.05) is 19.6 Å². The predicted octanol–water partition coefficient (Wildman–Crippen LogP) is 3.62. The lowest BCUT2D eigenvalue weighted by Crippen LogP contribution is -2.46. The highest BCUT2D eigenvalue weighted by Crippen LogP contribution is 2.42. The SMILES string of the molecule is O=C(c1ccccc1)N1CCC2(CC1)CCN(Cc1cccc(F)c1F)C2=O. The van der Waals surface area contributed by atoms with Gasteiger partial charge in [0.2, 0.25) is 5.91 Å².